The van der Waals surface area contributed by atoms with Crippen molar-refractivity contribution in [1.82, 2.24) is 14.5 Å². The summed E-state index contributed by atoms with van der Waals surface area (Å²) >= 11 is 0. The standard InChI is InChI=1S/C18H33N3O3S/c1-25(23,24)19-12-17(22)21-11-9-18(15-21)8-5-10-20(14-18)13-16-6-3-2-4-7-16/h16,19H,2-15H2,1H3/t18-/m1/s1. The lowest BCUT2D eigenvalue weighted by Crippen LogP contribution is -2.47. The molecule has 1 spiro atoms. The zero-order valence-corrected chi connectivity index (χ0v) is 16.3. The minimum atomic E-state index is -3.31. The molecule has 25 heavy (non-hydrogen) atoms. The summed E-state index contributed by atoms with van der Waals surface area (Å²) in [6.45, 7) is 4.97. The van der Waals surface area contributed by atoms with Crippen molar-refractivity contribution in [3.63, 3.8) is 0 Å². The van der Waals surface area contributed by atoms with Crippen LogP contribution in [0.4, 0.5) is 0 Å². The van der Waals surface area contributed by atoms with E-state index in [0.29, 0.717) is 0 Å². The third kappa shape index (κ3) is 5.41. The SMILES string of the molecule is CS(=O)(=O)NCC(=O)N1CC[C@@]2(CCCN(CC3CCCCC3)C2)C1. The van der Waals surface area contributed by atoms with Crippen molar-refractivity contribution in [3.05, 3.63) is 0 Å². The maximum Gasteiger partial charge on any atom is 0.237 e. The Balaban J connectivity index is 1.51. The summed E-state index contributed by atoms with van der Waals surface area (Å²) in [7, 11) is -3.31. The third-order valence-electron chi connectivity index (χ3n) is 6.26. The summed E-state index contributed by atoms with van der Waals surface area (Å²) in [5, 5.41) is 0. The predicted molar refractivity (Wildman–Crippen MR) is 98.7 cm³/mol. The van der Waals surface area contributed by atoms with Crippen molar-refractivity contribution >= 4 is 15.9 Å². The van der Waals surface area contributed by atoms with Gasteiger partial charge in [-0.25, -0.2) is 13.1 Å². The molecule has 144 valence electrons. The summed E-state index contributed by atoms with van der Waals surface area (Å²) in [5.41, 5.74) is 0.230. The average molecular weight is 372 g/mol. The number of amides is 1. The number of carbonyl (C=O) groups is 1. The molecule has 3 aliphatic rings. The van der Waals surface area contributed by atoms with Crippen LogP contribution in [0, 0.1) is 11.3 Å². The van der Waals surface area contributed by atoms with Crippen LogP contribution in [0.2, 0.25) is 0 Å². The fourth-order valence-electron chi connectivity index (χ4n) is 4.99. The molecule has 1 saturated carbocycles. The molecular formula is C18H33N3O3S. The zero-order chi connectivity index (χ0) is 17.9. The van der Waals surface area contributed by atoms with Crippen LogP contribution in [0.5, 0.6) is 0 Å². The molecular weight excluding hydrogens is 338 g/mol. The van der Waals surface area contributed by atoms with E-state index in [0.717, 1.165) is 38.2 Å². The van der Waals surface area contributed by atoms with Crippen LogP contribution in [-0.2, 0) is 14.8 Å². The van der Waals surface area contributed by atoms with Crippen molar-refractivity contribution in [2.75, 3.05) is 45.5 Å². The van der Waals surface area contributed by atoms with Gasteiger partial charge in [0.2, 0.25) is 15.9 Å². The average Bonchev–Trinajstić information content (AvgIpc) is 2.96. The molecule has 6 nitrogen and oxygen atoms in total. The number of sulfonamides is 1. The number of likely N-dealkylation sites (tertiary alicyclic amines) is 2. The molecule has 2 saturated heterocycles. The summed E-state index contributed by atoms with van der Waals surface area (Å²) in [5.74, 6) is 0.772. The Hall–Kier alpha value is -0.660. The first kappa shape index (κ1) is 19.1. The van der Waals surface area contributed by atoms with Crippen molar-refractivity contribution < 1.29 is 13.2 Å². The van der Waals surface area contributed by atoms with Crippen LogP contribution < -0.4 is 4.72 Å². The highest BCUT2D eigenvalue weighted by Gasteiger charge is 2.42. The smallest absolute Gasteiger partial charge is 0.237 e. The molecule has 0 aromatic carbocycles. The van der Waals surface area contributed by atoms with E-state index in [1.54, 1.807) is 0 Å². The zero-order valence-electron chi connectivity index (χ0n) is 15.5. The Morgan fingerprint density at radius 3 is 2.56 bits per heavy atom. The minimum Gasteiger partial charge on any atom is -0.341 e. The van der Waals surface area contributed by atoms with Gasteiger partial charge in [0.15, 0.2) is 0 Å². The van der Waals surface area contributed by atoms with Crippen LogP contribution in [0.1, 0.15) is 51.4 Å². The topological polar surface area (TPSA) is 69.7 Å². The van der Waals surface area contributed by atoms with Crippen molar-refractivity contribution in [1.29, 1.82) is 0 Å². The predicted octanol–water partition coefficient (Wildman–Crippen LogP) is 1.43. The highest BCUT2D eigenvalue weighted by atomic mass is 32.2. The molecule has 1 aliphatic carbocycles. The molecule has 2 heterocycles. The molecule has 0 aromatic heterocycles. The van der Waals surface area contributed by atoms with Crippen molar-refractivity contribution in [2.45, 2.75) is 51.4 Å². The third-order valence-corrected chi connectivity index (χ3v) is 6.93. The number of rotatable bonds is 5. The summed E-state index contributed by atoms with van der Waals surface area (Å²) < 4.78 is 24.7. The number of piperidine rings is 1. The van der Waals surface area contributed by atoms with E-state index in [4.69, 9.17) is 0 Å². The van der Waals surface area contributed by atoms with E-state index in [1.165, 1.54) is 58.0 Å². The maximum atomic E-state index is 12.3. The molecule has 0 radical (unpaired) electrons. The Labute approximate surface area is 152 Å². The first-order chi connectivity index (χ1) is 11.9. The van der Waals surface area contributed by atoms with Crippen LogP contribution >= 0.6 is 0 Å². The first-order valence-corrected chi connectivity index (χ1v) is 11.7. The monoisotopic (exact) mass is 371 g/mol. The fourth-order valence-corrected chi connectivity index (χ4v) is 5.37. The van der Waals surface area contributed by atoms with Crippen LogP contribution in [0.15, 0.2) is 0 Å². The Morgan fingerprint density at radius 2 is 1.84 bits per heavy atom. The van der Waals surface area contributed by atoms with E-state index in [1.807, 2.05) is 4.90 Å². The van der Waals surface area contributed by atoms with Crippen molar-refractivity contribution in [3.8, 4) is 0 Å². The normalized spacial score (nSPS) is 29.4. The van der Waals surface area contributed by atoms with E-state index in [9.17, 15) is 13.2 Å². The highest BCUT2D eigenvalue weighted by Crippen LogP contribution is 2.39. The van der Waals surface area contributed by atoms with Gasteiger partial charge in [-0.15, -0.1) is 0 Å². The number of carbonyl (C=O) groups excluding carboxylic acids is 1. The molecule has 0 aromatic rings. The van der Waals surface area contributed by atoms with Gasteiger partial charge in [-0.3, -0.25) is 4.79 Å². The Kier molecular flexibility index (Phi) is 6.06. The Bertz CT molecular complexity index is 574. The lowest BCUT2D eigenvalue weighted by Gasteiger charge is -2.42. The van der Waals surface area contributed by atoms with Gasteiger partial charge in [0.05, 0.1) is 12.8 Å². The Morgan fingerprint density at radius 1 is 1.08 bits per heavy atom. The van der Waals surface area contributed by atoms with Gasteiger partial charge in [-0.05, 0) is 44.6 Å². The van der Waals surface area contributed by atoms with Crippen LogP contribution in [0.25, 0.3) is 0 Å². The maximum absolute atomic E-state index is 12.3. The van der Waals surface area contributed by atoms with Gasteiger partial charge in [-0.2, -0.15) is 0 Å². The number of hydrogen-bond donors (Lipinski definition) is 1. The molecule has 1 atom stereocenters. The summed E-state index contributed by atoms with van der Waals surface area (Å²) in [6.07, 6.45) is 11.5. The van der Waals surface area contributed by atoms with Crippen LogP contribution in [-0.4, -0.2) is 69.6 Å². The lowest BCUT2D eigenvalue weighted by molar-refractivity contribution is -0.129. The van der Waals surface area contributed by atoms with Gasteiger partial charge in [0.1, 0.15) is 0 Å². The molecule has 0 bridgehead atoms. The summed E-state index contributed by atoms with van der Waals surface area (Å²) in [6, 6.07) is 0. The lowest BCUT2D eigenvalue weighted by atomic mass is 9.78. The molecule has 7 heteroatoms. The van der Waals surface area contributed by atoms with Gasteiger partial charge in [0.25, 0.3) is 0 Å². The van der Waals surface area contributed by atoms with Crippen molar-refractivity contribution in [2.24, 2.45) is 11.3 Å². The second-order valence-corrected chi connectivity index (χ2v) is 10.3. The fraction of sp³-hybridized carbons (Fsp3) is 0.944. The van der Waals surface area contributed by atoms with E-state index < -0.39 is 10.0 Å². The second kappa shape index (κ2) is 7.92. The van der Waals surface area contributed by atoms with E-state index in [2.05, 4.69) is 9.62 Å². The number of nitrogens with zero attached hydrogens (tertiary/aromatic N) is 2. The van der Waals surface area contributed by atoms with Crippen LogP contribution in [0.3, 0.4) is 0 Å². The molecule has 0 unspecified atom stereocenters. The summed E-state index contributed by atoms with van der Waals surface area (Å²) in [4.78, 5) is 16.8. The van der Waals surface area contributed by atoms with Gasteiger partial charge >= 0.3 is 0 Å². The van der Waals surface area contributed by atoms with E-state index >= 15 is 0 Å². The largest absolute Gasteiger partial charge is 0.341 e. The van der Waals surface area contributed by atoms with Gasteiger partial charge in [-0.1, -0.05) is 19.3 Å². The minimum absolute atomic E-state index is 0.0910. The molecule has 3 rings (SSSR count). The van der Waals surface area contributed by atoms with E-state index in [-0.39, 0.29) is 17.9 Å². The second-order valence-electron chi connectivity index (χ2n) is 8.50. The van der Waals surface area contributed by atoms with Gasteiger partial charge in [0, 0.05) is 31.6 Å². The number of nitrogens with one attached hydrogen (secondary N) is 1. The highest BCUT2D eigenvalue weighted by molar-refractivity contribution is 7.88. The first-order valence-electron chi connectivity index (χ1n) is 9.80. The molecule has 1 N–H and O–H groups in total. The van der Waals surface area contributed by atoms with Gasteiger partial charge < -0.3 is 9.80 Å². The molecule has 3 fully saturated rings. The molecule has 1 amide bonds. The molecule has 2 aliphatic heterocycles. The quantitative estimate of drug-likeness (QED) is 0.794. The number of hydrogen-bond acceptors (Lipinski definition) is 4.